The predicted molar refractivity (Wildman–Crippen MR) is 110 cm³/mol. The Bertz CT molecular complexity index is 1090. The van der Waals surface area contributed by atoms with Crippen molar-refractivity contribution in [3.8, 4) is 11.5 Å². The van der Waals surface area contributed by atoms with Crippen LogP contribution in [-0.2, 0) is 4.79 Å². The van der Waals surface area contributed by atoms with E-state index in [0.717, 1.165) is 17.7 Å². The third-order valence-corrected chi connectivity index (χ3v) is 5.53. The molecular formula is C21H18N4O4S. The molecule has 1 amide bonds. The zero-order valence-corrected chi connectivity index (χ0v) is 16.7. The minimum Gasteiger partial charge on any atom is -0.485 e. The third kappa shape index (κ3) is 3.88. The number of amides is 1. The van der Waals surface area contributed by atoms with E-state index in [1.165, 1.54) is 16.8 Å². The summed E-state index contributed by atoms with van der Waals surface area (Å²) in [7, 11) is 0. The number of rotatable bonds is 5. The molecule has 0 saturated heterocycles. The summed E-state index contributed by atoms with van der Waals surface area (Å²) in [6.07, 6.45) is 0.264. The highest BCUT2D eigenvalue weighted by Crippen LogP contribution is 2.36. The van der Waals surface area contributed by atoms with Crippen LogP contribution in [0.4, 0.5) is 0 Å². The van der Waals surface area contributed by atoms with Gasteiger partial charge < -0.3 is 13.9 Å². The fourth-order valence-corrected chi connectivity index (χ4v) is 3.86. The lowest BCUT2D eigenvalue weighted by Gasteiger charge is -2.23. The molecule has 0 saturated carbocycles. The zero-order valence-electron chi connectivity index (χ0n) is 15.9. The molecule has 30 heavy (non-hydrogen) atoms. The maximum Gasteiger partial charge on any atom is 0.277 e. The predicted octanol–water partition coefficient (Wildman–Crippen LogP) is 3.31. The van der Waals surface area contributed by atoms with E-state index in [4.69, 9.17) is 13.9 Å². The molecule has 0 fully saturated rings. The first kappa shape index (κ1) is 18.7. The highest BCUT2D eigenvalue weighted by Gasteiger charge is 2.28. The van der Waals surface area contributed by atoms with Crippen molar-refractivity contribution in [1.29, 1.82) is 0 Å². The number of carbonyl (C=O) groups is 1. The van der Waals surface area contributed by atoms with Crippen LogP contribution >= 0.6 is 11.8 Å². The number of thioether (sulfide) groups is 1. The lowest BCUT2D eigenvalue weighted by atomic mass is 10.1. The summed E-state index contributed by atoms with van der Waals surface area (Å²) >= 11 is 1.19. The van der Waals surface area contributed by atoms with Crippen molar-refractivity contribution in [3.05, 3.63) is 66.1 Å². The Morgan fingerprint density at radius 3 is 2.73 bits per heavy atom. The number of ether oxygens (including phenoxy) is 2. The molecule has 3 aromatic rings. The summed E-state index contributed by atoms with van der Waals surface area (Å²) in [5.74, 6) is 1.71. The van der Waals surface area contributed by atoms with Crippen LogP contribution in [0.5, 0.6) is 11.5 Å². The average Bonchev–Trinajstić information content (AvgIpc) is 3.48. The van der Waals surface area contributed by atoms with Crippen molar-refractivity contribution in [2.45, 2.75) is 17.7 Å². The van der Waals surface area contributed by atoms with Gasteiger partial charge in [-0.2, -0.15) is 5.10 Å². The highest BCUT2D eigenvalue weighted by molar-refractivity contribution is 7.99. The Morgan fingerprint density at radius 1 is 1.07 bits per heavy atom. The molecule has 3 heterocycles. The lowest BCUT2D eigenvalue weighted by Crippen LogP contribution is -2.25. The second-order valence-electron chi connectivity index (χ2n) is 6.74. The second kappa shape index (κ2) is 8.19. The van der Waals surface area contributed by atoms with Gasteiger partial charge in [0.15, 0.2) is 11.5 Å². The molecule has 2 aromatic carbocycles. The molecule has 9 heteroatoms. The average molecular weight is 422 g/mol. The Hall–Kier alpha value is -3.33. The largest absolute Gasteiger partial charge is 0.485 e. The molecule has 0 radical (unpaired) electrons. The smallest absolute Gasteiger partial charge is 0.277 e. The van der Waals surface area contributed by atoms with Crippen molar-refractivity contribution in [2.75, 3.05) is 18.9 Å². The molecule has 0 spiro atoms. The van der Waals surface area contributed by atoms with Crippen molar-refractivity contribution >= 4 is 23.4 Å². The van der Waals surface area contributed by atoms with Crippen LogP contribution in [0.15, 0.2) is 69.3 Å². The van der Waals surface area contributed by atoms with Crippen LogP contribution in [0.3, 0.4) is 0 Å². The fourth-order valence-electron chi connectivity index (χ4n) is 3.22. The van der Waals surface area contributed by atoms with Gasteiger partial charge in [-0.3, -0.25) is 4.79 Å². The van der Waals surface area contributed by atoms with E-state index < -0.39 is 6.10 Å². The number of hydrogen-bond acceptors (Lipinski definition) is 8. The third-order valence-electron chi connectivity index (χ3n) is 4.72. The van der Waals surface area contributed by atoms with Gasteiger partial charge in [-0.05, 0) is 17.7 Å². The maximum absolute atomic E-state index is 12.5. The first-order valence-electron chi connectivity index (χ1n) is 9.54. The molecule has 5 rings (SSSR count). The topological polar surface area (TPSA) is 90.0 Å². The van der Waals surface area contributed by atoms with Gasteiger partial charge in [0.2, 0.25) is 6.10 Å². The summed E-state index contributed by atoms with van der Waals surface area (Å²) in [5, 5.41) is 14.3. The van der Waals surface area contributed by atoms with E-state index in [1.54, 1.807) is 0 Å². The number of hydrogen-bond donors (Lipinski definition) is 0. The number of para-hydroxylation sites is 2. The van der Waals surface area contributed by atoms with Gasteiger partial charge in [0, 0.05) is 6.42 Å². The Kier molecular flexibility index (Phi) is 5.10. The van der Waals surface area contributed by atoms with E-state index >= 15 is 0 Å². The van der Waals surface area contributed by atoms with Crippen molar-refractivity contribution in [1.82, 2.24) is 15.2 Å². The Morgan fingerprint density at radius 2 is 1.87 bits per heavy atom. The van der Waals surface area contributed by atoms with Crippen LogP contribution in [0, 0.1) is 0 Å². The summed E-state index contributed by atoms with van der Waals surface area (Å²) in [5.41, 5.74) is 1.96. The molecule has 1 atom stereocenters. The molecule has 2 aliphatic heterocycles. The molecule has 0 aliphatic carbocycles. The summed E-state index contributed by atoms with van der Waals surface area (Å²) in [6.45, 7) is 0.859. The molecule has 0 unspecified atom stereocenters. The first-order valence-corrected chi connectivity index (χ1v) is 10.5. The molecule has 1 aromatic heterocycles. The number of carbonyl (C=O) groups excluding carboxylic acids is 1. The quantitative estimate of drug-likeness (QED) is 0.583. The van der Waals surface area contributed by atoms with E-state index in [1.807, 2.05) is 54.6 Å². The van der Waals surface area contributed by atoms with Gasteiger partial charge in [-0.15, -0.1) is 10.2 Å². The van der Waals surface area contributed by atoms with E-state index in [0.29, 0.717) is 29.2 Å². The van der Waals surface area contributed by atoms with Crippen molar-refractivity contribution in [3.63, 3.8) is 0 Å². The molecule has 0 bridgehead atoms. The summed E-state index contributed by atoms with van der Waals surface area (Å²) in [6, 6.07) is 17.3. The highest BCUT2D eigenvalue weighted by atomic mass is 32.2. The SMILES string of the molecule is O=C(CSc1nnc([C@@H]2COc3ccccc3O2)o1)N1CCC(c2ccccc2)=N1. The lowest BCUT2D eigenvalue weighted by molar-refractivity contribution is -0.127. The standard InChI is InChI=1S/C21H18N4O4S/c26-19(25-11-10-15(24-25)14-6-2-1-3-7-14)13-30-21-23-22-20(29-21)18-12-27-16-8-4-5-9-17(16)28-18/h1-9,18H,10-13H2/t18-/m0/s1. The number of fused-ring (bicyclic) bond motifs is 1. The molecule has 0 N–H and O–H groups in total. The number of aromatic nitrogens is 2. The monoisotopic (exact) mass is 422 g/mol. The number of benzene rings is 2. The van der Waals surface area contributed by atoms with Gasteiger partial charge in [-0.1, -0.05) is 54.2 Å². The Balaban J connectivity index is 1.18. The molecule has 152 valence electrons. The minimum absolute atomic E-state index is 0.100. The van der Waals surface area contributed by atoms with E-state index in [-0.39, 0.29) is 18.3 Å². The normalized spacial score (nSPS) is 17.7. The molecule has 2 aliphatic rings. The van der Waals surface area contributed by atoms with Crippen LogP contribution in [0.25, 0.3) is 0 Å². The van der Waals surface area contributed by atoms with E-state index in [9.17, 15) is 4.79 Å². The second-order valence-corrected chi connectivity index (χ2v) is 7.67. The van der Waals surface area contributed by atoms with Crippen molar-refractivity contribution in [2.24, 2.45) is 5.10 Å². The van der Waals surface area contributed by atoms with Crippen LogP contribution in [-0.4, -0.2) is 45.7 Å². The van der Waals surface area contributed by atoms with Gasteiger partial charge in [0.25, 0.3) is 17.0 Å². The fraction of sp³-hybridized carbons (Fsp3) is 0.238. The molecular weight excluding hydrogens is 404 g/mol. The van der Waals surface area contributed by atoms with Crippen molar-refractivity contribution < 1.29 is 18.7 Å². The minimum atomic E-state index is -0.478. The van der Waals surface area contributed by atoms with Gasteiger partial charge in [0.1, 0.15) is 6.61 Å². The van der Waals surface area contributed by atoms with Crippen LogP contribution in [0.2, 0.25) is 0 Å². The van der Waals surface area contributed by atoms with Crippen LogP contribution in [0.1, 0.15) is 24.0 Å². The summed E-state index contributed by atoms with van der Waals surface area (Å²) in [4.78, 5) is 12.5. The number of nitrogens with zero attached hydrogens (tertiary/aromatic N) is 4. The van der Waals surface area contributed by atoms with Crippen LogP contribution < -0.4 is 9.47 Å². The number of hydrazone groups is 1. The maximum atomic E-state index is 12.5. The molecule has 8 nitrogen and oxygen atoms in total. The zero-order chi connectivity index (χ0) is 20.3. The van der Waals surface area contributed by atoms with Gasteiger partial charge in [-0.25, -0.2) is 5.01 Å². The Labute approximate surface area is 176 Å². The summed E-state index contributed by atoms with van der Waals surface area (Å²) < 4.78 is 17.2. The first-order chi connectivity index (χ1) is 14.8. The van der Waals surface area contributed by atoms with E-state index in [2.05, 4.69) is 15.3 Å². The van der Waals surface area contributed by atoms with Gasteiger partial charge in [0.05, 0.1) is 18.0 Å². The van der Waals surface area contributed by atoms with Gasteiger partial charge >= 0.3 is 0 Å².